The molecule has 2 unspecified atom stereocenters. The maximum atomic E-state index is 12.2. The minimum Gasteiger partial charge on any atom is -0.480 e. The second-order valence-electron chi connectivity index (χ2n) is 4.01. The SMILES string of the molecule is CC1SCC(C(=O)O)N1C(=O)c1ccc([N+](=O)[O-])[nH]1. The second-order valence-corrected chi connectivity index (χ2v) is 5.36. The van der Waals surface area contributed by atoms with Gasteiger partial charge in [-0.3, -0.25) is 4.79 Å². The van der Waals surface area contributed by atoms with Crippen LogP contribution in [0.3, 0.4) is 0 Å². The minimum atomic E-state index is -1.08. The fourth-order valence-corrected chi connectivity index (χ4v) is 3.06. The molecule has 1 aliphatic heterocycles. The monoisotopic (exact) mass is 285 g/mol. The van der Waals surface area contributed by atoms with Crippen LogP contribution in [0.2, 0.25) is 0 Å². The third-order valence-corrected chi connectivity index (χ3v) is 4.06. The first-order chi connectivity index (χ1) is 8.91. The van der Waals surface area contributed by atoms with Crippen molar-refractivity contribution in [2.75, 3.05) is 5.75 Å². The Labute approximate surface area is 111 Å². The minimum absolute atomic E-state index is 0.0206. The first-order valence-corrected chi connectivity index (χ1v) is 6.47. The van der Waals surface area contributed by atoms with Gasteiger partial charge in [-0.25, -0.2) is 9.78 Å². The molecule has 1 aliphatic rings. The van der Waals surface area contributed by atoms with Crippen LogP contribution in [0.1, 0.15) is 17.4 Å². The van der Waals surface area contributed by atoms with Crippen LogP contribution in [0.4, 0.5) is 5.82 Å². The fourth-order valence-electron chi connectivity index (χ4n) is 1.90. The highest BCUT2D eigenvalue weighted by Gasteiger charge is 2.41. The van der Waals surface area contributed by atoms with Gasteiger partial charge in [0.2, 0.25) is 0 Å². The molecule has 0 saturated carbocycles. The molecule has 2 N–H and O–H groups in total. The van der Waals surface area contributed by atoms with E-state index < -0.39 is 22.8 Å². The third kappa shape index (κ3) is 2.41. The van der Waals surface area contributed by atoms with Gasteiger partial charge < -0.3 is 20.1 Å². The average molecular weight is 285 g/mol. The molecule has 102 valence electrons. The maximum Gasteiger partial charge on any atom is 0.327 e. The van der Waals surface area contributed by atoms with Crippen molar-refractivity contribution in [2.45, 2.75) is 18.3 Å². The highest BCUT2D eigenvalue weighted by molar-refractivity contribution is 8.00. The number of hydrogen-bond acceptors (Lipinski definition) is 5. The number of carboxylic acid groups (broad SMARTS) is 1. The summed E-state index contributed by atoms with van der Waals surface area (Å²) in [7, 11) is 0. The molecule has 1 fully saturated rings. The van der Waals surface area contributed by atoms with Gasteiger partial charge in [-0.15, -0.1) is 11.8 Å². The van der Waals surface area contributed by atoms with E-state index in [1.165, 1.54) is 28.8 Å². The highest BCUT2D eigenvalue weighted by Crippen LogP contribution is 2.30. The zero-order chi connectivity index (χ0) is 14.2. The van der Waals surface area contributed by atoms with Gasteiger partial charge in [0.1, 0.15) is 6.04 Å². The number of thioether (sulfide) groups is 1. The molecule has 19 heavy (non-hydrogen) atoms. The van der Waals surface area contributed by atoms with Gasteiger partial charge in [-0.1, -0.05) is 0 Å². The Hall–Kier alpha value is -2.03. The van der Waals surface area contributed by atoms with Gasteiger partial charge in [0, 0.05) is 11.8 Å². The Morgan fingerprint density at radius 3 is 2.79 bits per heavy atom. The molecule has 0 aliphatic carbocycles. The number of rotatable bonds is 3. The van der Waals surface area contributed by atoms with Crippen molar-refractivity contribution in [2.24, 2.45) is 0 Å². The summed E-state index contributed by atoms with van der Waals surface area (Å²) in [4.78, 5) is 36.8. The molecule has 1 aromatic rings. The normalized spacial score (nSPS) is 22.5. The number of carbonyl (C=O) groups is 2. The van der Waals surface area contributed by atoms with E-state index in [-0.39, 0.29) is 16.9 Å². The standard InChI is InChI=1S/C10H11N3O5S/c1-5-12(7(4-19-5)10(15)16)9(14)6-2-3-8(11-6)13(17)18/h2-3,5,7,11H,4H2,1H3,(H,15,16). The Bertz CT molecular complexity index is 543. The molecular formula is C10H11N3O5S. The molecule has 0 bridgehead atoms. The number of aromatic nitrogens is 1. The number of aromatic amines is 1. The Balaban J connectivity index is 2.26. The van der Waals surface area contributed by atoms with Gasteiger partial charge in [-0.2, -0.15) is 0 Å². The summed E-state index contributed by atoms with van der Waals surface area (Å²) in [5.41, 5.74) is 0.0206. The van der Waals surface area contributed by atoms with Crippen LogP contribution in [0, 0.1) is 10.1 Å². The van der Waals surface area contributed by atoms with Crippen LogP contribution in [0.25, 0.3) is 0 Å². The zero-order valence-electron chi connectivity index (χ0n) is 9.90. The molecule has 2 rings (SSSR count). The van der Waals surface area contributed by atoms with Crippen molar-refractivity contribution < 1.29 is 19.6 Å². The lowest BCUT2D eigenvalue weighted by molar-refractivity contribution is -0.389. The lowest BCUT2D eigenvalue weighted by Gasteiger charge is -2.23. The van der Waals surface area contributed by atoms with Gasteiger partial charge in [0.25, 0.3) is 5.91 Å². The molecule has 0 spiro atoms. The molecule has 8 nitrogen and oxygen atoms in total. The molecule has 0 aromatic carbocycles. The number of nitrogens with one attached hydrogen (secondary N) is 1. The Kier molecular flexibility index (Phi) is 3.47. The van der Waals surface area contributed by atoms with Crippen LogP contribution in [-0.2, 0) is 4.79 Å². The lowest BCUT2D eigenvalue weighted by atomic mass is 10.2. The van der Waals surface area contributed by atoms with Crippen LogP contribution < -0.4 is 0 Å². The van der Waals surface area contributed by atoms with Crippen molar-refractivity contribution in [3.05, 3.63) is 27.9 Å². The number of nitrogens with zero attached hydrogens (tertiary/aromatic N) is 2. The fraction of sp³-hybridized carbons (Fsp3) is 0.400. The molecule has 1 saturated heterocycles. The van der Waals surface area contributed by atoms with Crippen LogP contribution in [0.5, 0.6) is 0 Å². The summed E-state index contributed by atoms with van der Waals surface area (Å²) in [5.74, 6) is -1.61. The van der Waals surface area contributed by atoms with Gasteiger partial charge in [-0.05, 0) is 17.9 Å². The van der Waals surface area contributed by atoms with Crippen molar-refractivity contribution in [1.29, 1.82) is 0 Å². The molecule has 1 aromatic heterocycles. The number of H-pyrrole nitrogens is 1. The van der Waals surface area contributed by atoms with Gasteiger partial charge in [0.05, 0.1) is 5.37 Å². The summed E-state index contributed by atoms with van der Waals surface area (Å²) in [6.07, 6.45) is 0. The number of carbonyl (C=O) groups excluding carboxylic acids is 1. The van der Waals surface area contributed by atoms with E-state index in [0.29, 0.717) is 5.75 Å². The van der Waals surface area contributed by atoms with Crippen molar-refractivity contribution in [3.63, 3.8) is 0 Å². The highest BCUT2D eigenvalue weighted by atomic mass is 32.2. The smallest absolute Gasteiger partial charge is 0.327 e. The summed E-state index contributed by atoms with van der Waals surface area (Å²) in [6, 6.07) is 1.56. The van der Waals surface area contributed by atoms with E-state index in [9.17, 15) is 19.7 Å². The maximum absolute atomic E-state index is 12.2. The molecule has 2 heterocycles. The number of carboxylic acids is 1. The molecule has 0 radical (unpaired) electrons. The lowest BCUT2D eigenvalue weighted by Crippen LogP contribution is -2.44. The van der Waals surface area contributed by atoms with E-state index in [1.54, 1.807) is 6.92 Å². The Morgan fingerprint density at radius 2 is 2.26 bits per heavy atom. The van der Waals surface area contributed by atoms with E-state index in [4.69, 9.17) is 5.11 Å². The molecular weight excluding hydrogens is 274 g/mol. The molecule has 9 heteroatoms. The Morgan fingerprint density at radius 1 is 1.58 bits per heavy atom. The van der Waals surface area contributed by atoms with Crippen molar-refractivity contribution in [1.82, 2.24) is 9.88 Å². The second kappa shape index (κ2) is 4.92. The van der Waals surface area contributed by atoms with E-state index in [1.807, 2.05) is 0 Å². The number of amides is 1. The van der Waals surface area contributed by atoms with Crippen molar-refractivity contribution in [3.8, 4) is 0 Å². The predicted octanol–water partition coefficient (Wildman–Crippen LogP) is 0.911. The van der Waals surface area contributed by atoms with Gasteiger partial charge >= 0.3 is 11.8 Å². The van der Waals surface area contributed by atoms with Crippen LogP contribution >= 0.6 is 11.8 Å². The van der Waals surface area contributed by atoms with E-state index in [0.717, 1.165) is 0 Å². The first kappa shape index (κ1) is 13.4. The largest absolute Gasteiger partial charge is 0.480 e. The number of aliphatic carboxylic acids is 1. The topological polar surface area (TPSA) is 117 Å². The molecule has 1 amide bonds. The summed E-state index contributed by atoms with van der Waals surface area (Å²) >= 11 is 1.35. The summed E-state index contributed by atoms with van der Waals surface area (Å²) < 4.78 is 0. The molecule has 2 atom stereocenters. The van der Waals surface area contributed by atoms with Crippen LogP contribution in [0.15, 0.2) is 12.1 Å². The quantitative estimate of drug-likeness (QED) is 0.629. The van der Waals surface area contributed by atoms with E-state index in [2.05, 4.69) is 4.98 Å². The number of nitro groups is 1. The van der Waals surface area contributed by atoms with Gasteiger partial charge in [0.15, 0.2) is 5.69 Å². The predicted molar refractivity (Wildman–Crippen MR) is 67.0 cm³/mol. The summed E-state index contributed by atoms with van der Waals surface area (Å²) in [6.45, 7) is 1.73. The zero-order valence-corrected chi connectivity index (χ0v) is 10.7. The summed E-state index contributed by atoms with van der Waals surface area (Å²) in [5, 5.41) is 19.3. The van der Waals surface area contributed by atoms with Crippen molar-refractivity contribution >= 4 is 29.5 Å². The first-order valence-electron chi connectivity index (χ1n) is 5.42. The third-order valence-electron chi connectivity index (χ3n) is 2.84. The van der Waals surface area contributed by atoms with Crippen LogP contribution in [-0.4, -0.2) is 49.0 Å². The van der Waals surface area contributed by atoms with E-state index >= 15 is 0 Å². The average Bonchev–Trinajstić information content (AvgIpc) is 2.94. The number of hydrogen-bond donors (Lipinski definition) is 2.